The number of rotatable bonds is 4. The highest BCUT2D eigenvalue weighted by Crippen LogP contribution is 2.47. The van der Waals surface area contributed by atoms with E-state index in [1.54, 1.807) is 4.68 Å². The van der Waals surface area contributed by atoms with Crippen LogP contribution >= 0.6 is 0 Å². The molecule has 1 spiro atoms. The van der Waals surface area contributed by atoms with Crippen LogP contribution in [-0.4, -0.2) is 58.8 Å². The first-order valence-corrected chi connectivity index (χ1v) is 11.6. The van der Waals surface area contributed by atoms with Crippen molar-refractivity contribution in [3.8, 4) is 11.8 Å². The normalized spacial score (nSPS) is 23.9. The van der Waals surface area contributed by atoms with Gasteiger partial charge in [-0.05, 0) is 57.1 Å². The molecule has 1 unspecified atom stereocenters. The molecule has 1 atom stereocenters. The average Bonchev–Trinajstić information content (AvgIpc) is 3.41. The van der Waals surface area contributed by atoms with Crippen molar-refractivity contribution in [3.63, 3.8) is 0 Å². The van der Waals surface area contributed by atoms with Crippen LogP contribution in [0.5, 0.6) is 0 Å². The van der Waals surface area contributed by atoms with Gasteiger partial charge in [-0.2, -0.15) is 10.4 Å². The first kappa shape index (κ1) is 19.7. The SMILES string of the molecule is CN1CC2(CCN(c3ccn(-c4cc(C(C)(C#N)C5CC5)nc5c4C(=O)NC5)n3)CC2)C1. The Labute approximate surface area is 188 Å². The van der Waals surface area contributed by atoms with Gasteiger partial charge in [0, 0.05) is 38.4 Å². The molecule has 0 radical (unpaired) electrons. The van der Waals surface area contributed by atoms with Gasteiger partial charge in [0.1, 0.15) is 0 Å². The van der Waals surface area contributed by atoms with Crippen LogP contribution in [0.1, 0.15) is 54.4 Å². The molecule has 0 aromatic carbocycles. The minimum absolute atomic E-state index is 0.120. The zero-order valence-electron chi connectivity index (χ0n) is 18.8. The molecule has 0 bridgehead atoms. The molecule has 3 aliphatic heterocycles. The number of piperidine rings is 1. The van der Waals surface area contributed by atoms with Crippen LogP contribution in [0.4, 0.5) is 5.82 Å². The third kappa shape index (κ3) is 2.95. The van der Waals surface area contributed by atoms with E-state index in [1.807, 2.05) is 25.3 Å². The average molecular weight is 432 g/mol. The summed E-state index contributed by atoms with van der Waals surface area (Å²) in [5.41, 5.74) is 2.63. The molecule has 166 valence electrons. The van der Waals surface area contributed by atoms with Gasteiger partial charge in [0.25, 0.3) is 5.91 Å². The maximum absolute atomic E-state index is 12.6. The molecule has 2 aromatic rings. The Bertz CT molecular complexity index is 1130. The fraction of sp³-hybridized carbons (Fsp3) is 0.583. The molecular formula is C24H29N7O. The van der Waals surface area contributed by atoms with Gasteiger partial charge in [-0.1, -0.05) is 0 Å². The van der Waals surface area contributed by atoms with Crippen LogP contribution < -0.4 is 10.2 Å². The number of nitrogens with zero attached hydrogens (tertiary/aromatic N) is 6. The molecule has 3 fully saturated rings. The number of fused-ring (bicyclic) bond motifs is 1. The van der Waals surface area contributed by atoms with E-state index in [2.05, 4.69) is 28.2 Å². The molecule has 2 aromatic heterocycles. The van der Waals surface area contributed by atoms with Gasteiger partial charge in [0.05, 0.1) is 40.7 Å². The first-order valence-electron chi connectivity index (χ1n) is 11.6. The maximum Gasteiger partial charge on any atom is 0.255 e. The van der Waals surface area contributed by atoms with E-state index >= 15 is 0 Å². The Kier molecular flexibility index (Phi) is 4.19. The second-order valence-electron chi connectivity index (χ2n) is 10.4. The summed E-state index contributed by atoms with van der Waals surface area (Å²) in [5, 5.41) is 17.7. The third-order valence-corrected chi connectivity index (χ3v) is 8.06. The Morgan fingerprint density at radius 2 is 2.03 bits per heavy atom. The third-order valence-electron chi connectivity index (χ3n) is 8.06. The number of pyridine rings is 1. The van der Waals surface area contributed by atoms with E-state index in [4.69, 9.17) is 10.1 Å². The van der Waals surface area contributed by atoms with E-state index in [1.165, 1.54) is 25.9 Å². The summed E-state index contributed by atoms with van der Waals surface area (Å²) in [7, 11) is 2.19. The van der Waals surface area contributed by atoms with Crippen molar-refractivity contribution in [2.45, 2.75) is 44.6 Å². The summed E-state index contributed by atoms with van der Waals surface area (Å²) < 4.78 is 1.80. The second-order valence-corrected chi connectivity index (χ2v) is 10.4. The van der Waals surface area contributed by atoms with Crippen molar-refractivity contribution in [2.24, 2.45) is 11.3 Å². The van der Waals surface area contributed by atoms with Crippen molar-refractivity contribution in [1.29, 1.82) is 5.26 Å². The molecule has 8 heteroatoms. The molecule has 1 aliphatic carbocycles. The molecule has 32 heavy (non-hydrogen) atoms. The number of hydrogen-bond acceptors (Lipinski definition) is 6. The predicted molar refractivity (Wildman–Crippen MR) is 120 cm³/mol. The molecular weight excluding hydrogens is 402 g/mol. The number of nitrogens with one attached hydrogen (secondary N) is 1. The molecule has 2 saturated heterocycles. The Hall–Kier alpha value is -2.92. The van der Waals surface area contributed by atoms with Gasteiger partial charge >= 0.3 is 0 Å². The van der Waals surface area contributed by atoms with Crippen LogP contribution in [0.25, 0.3) is 5.69 Å². The van der Waals surface area contributed by atoms with Crippen LogP contribution in [-0.2, 0) is 12.0 Å². The lowest BCUT2D eigenvalue weighted by Gasteiger charge is -2.53. The maximum atomic E-state index is 12.6. The van der Waals surface area contributed by atoms with Crippen molar-refractivity contribution >= 4 is 11.7 Å². The fourth-order valence-electron chi connectivity index (χ4n) is 5.92. The number of amides is 1. The van der Waals surface area contributed by atoms with Crippen LogP contribution in [0.3, 0.4) is 0 Å². The highest BCUT2D eigenvalue weighted by atomic mass is 16.2. The number of carbonyl (C=O) groups is 1. The number of hydrogen-bond donors (Lipinski definition) is 1. The minimum Gasteiger partial charge on any atom is -0.355 e. The second kappa shape index (κ2) is 6.79. The molecule has 4 aliphatic rings. The monoisotopic (exact) mass is 431 g/mol. The Morgan fingerprint density at radius 3 is 2.69 bits per heavy atom. The lowest BCUT2D eigenvalue weighted by molar-refractivity contribution is 0.00121. The quantitative estimate of drug-likeness (QED) is 0.799. The predicted octanol–water partition coefficient (Wildman–Crippen LogP) is 2.23. The van der Waals surface area contributed by atoms with Crippen molar-refractivity contribution in [2.75, 3.05) is 38.1 Å². The van der Waals surface area contributed by atoms with Crippen molar-refractivity contribution < 1.29 is 4.79 Å². The molecule has 1 saturated carbocycles. The van der Waals surface area contributed by atoms with Gasteiger partial charge < -0.3 is 15.1 Å². The topological polar surface area (TPSA) is 90.1 Å². The zero-order valence-corrected chi connectivity index (χ0v) is 18.8. The number of anilines is 1. The largest absolute Gasteiger partial charge is 0.355 e. The summed E-state index contributed by atoms with van der Waals surface area (Å²) in [5.74, 6) is 1.16. The smallest absolute Gasteiger partial charge is 0.255 e. The van der Waals surface area contributed by atoms with E-state index in [9.17, 15) is 10.1 Å². The molecule has 1 N–H and O–H groups in total. The summed E-state index contributed by atoms with van der Waals surface area (Å²) in [6.07, 6.45) is 6.43. The molecule has 6 rings (SSSR count). The van der Waals surface area contributed by atoms with Gasteiger partial charge in [0.15, 0.2) is 5.82 Å². The minimum atomic E-state index is -0.636. The van der Waals surface area contributed by atoms with Gasteiger partial charge in [-0.15, -0.1) is 0 Å². The lowest BCUT2D eigenvalue weighted by Crippen LogP contribution is -2.58. The van der Waals surface area contributed by atoms with E-state index < -0.39 is 5.41 Å². The van der Waals surface area contributed by atoms with Crippen LogP contribution in [0.15, 0.2) is 18.3 Å². The number of aromatic nitrogens is 3. The fourth-order valence-corrected chi connectivity index (χ4v) is 5.92. The Morgan fingerprint density at radius 1 is 1.28 bits per heavy atom. The molecule has 8 nitrogen and oxygen atoms in total. The summed E-state index contributed by atoms with van der Waals surface area (Å²) in [6.45, 7) is 6.81. The van der Waals surface area contributed by atoms with E-state index in [0.29, 0.717) is 23.4 Å². The summed E-state index contributed by atoms with van der Waals surface area (Å²) >= 11 is 0. The van der Waals surface area contributed by atoms with Gasteiger partial charge in [-0.3, -0.25) is 9.78 Å². The molecule has 1 amide bonds. The lowest BCUT2D eigenvalue weighted by atomic mass is 9.72. The highest BCUT2D eigenvalue weighted by molar-refractivity contribution is 6.01. The van der Waals surface area contributed by atoms with Crippen molar-refractivity contribution in [3.05, 3.63) is 35.3 Å². The van der Waals surface area contributed by atoms with Crippen LogP contribution in [0.2, 0.25) is 0 Å². The van der Waals surface area contributed by atoms with Gasteiger partial charge in [-0.25, -0.2) is 4.68 Å². The summed E-state index contributed by atoms with van der Waals surface area (Å²) in [6, 6.07) is 6.46. The van der Waals surface area contributed by atoms with Crippen LogP contribution in [0, 0.1) is 22.7 Å². The summed E-state index contributed by atoms with van der Waals surface area (Å²) in [4.78, 5) is 22.1. The van der Waals surface area contributed by atoms with E-state index in [-0.39, 0.29) is 5.91 Å². The van der Waals surface area contributed by atoms with E-state index in [0.717, 1.165) is 48.8 Å². The Balaban J connectivity index is 1.32. The van der Waals surface area contributed by atoms with Gasteiger partial charge in [0.2, 0.25) is 0 Å². The zero-order chi connectivity index (χ0) is 22.1. The number of carbonyl (C=O) groups excluding carboxylic acids is 1. The molecule has 5 heterocycles. The van der Waals surface area contributed by atoms with Crippen molar-refractivity contribution in [1.82, 2.24) is 25.0 Å². The standard InChI is InChI=1S/C24H29N7O/c1-23(13-25,16-3-4-16)19-11-18(21-17(27-19)12-26-22(21)32)31-8-5-20(28-31)30-9-6-24(7-10-30)14-29(2)15-24/h5,8,11,16H,3-4,6-7,9-10,12,14-15H2,1-2H3,(H,26,32). The highest BCUT2D eigenvalue weighted by Gasteiger charge is 2.46. The number of nitriles is 1. The first-order chi connectivity index (χ1) is 15.4. The number of likely N-dealkylation sites (tertiary alicyclic amines) is 1.